The fourth-order valence-electron chi connectivity index (χ4n) is 3.12. The van der Waals surface area contributed by atoms with Crippen LogP contribution >= 0.6 is 0 Å². The highest BCUT2D eigenvalue weighted by molar-refractivity contribution is 5.83. The first-order chi connectivity index (χ1) is 16.3. The van der Waals surface area contributed by atoms with Crippen molar-refractivity contribution in [2.75, 3.05) is 4.90 Å². The summed E-state index contributed by atoms with van der Waals surface area (Å²) >= 11 is 0. The summed E-state index contributed by atoms with van der Waals surface area (Å²) in [6, 6.07) is 12.7. The number of halogens is 3. The van der Waals surface area contributed by atoms with E-state index in [9.17, 15) is 34.2 Å². The lowest BCUT2D eigenvalue weighted by atomic mass is 10.0. The minimum atomic E-state index is -1.09. The number of rotatable bonds is 3. The first kappa shape index (κ1) is 22.9. The quantitative estimate of drug-likeness (QED) is 0.445. The predicted octanol–water partition coefficient (Wildman–Crippen LogP) is 6.16. The van der Waals surface area contributed by atoms with E-state index < -0.39 is 51.1 Å². The first-order valence-corrected chi connectivity index (χ1v) is 8.99. The summed E-state index contributed by atoms with van der Waals surface area (Å²) in [6.07, 6.45) is 0. The van der Waals surface area contributed by atoms with Crippen LogP contribution in [0.15, 0.2) is 36.4 Å². The molecule has 0 aliphatic rings. The fourth-order valence-corrected chi connectivity index (χ4v) is 3.12. The van der Waals surface area contributed by atoms with Gasteiger partial charge in [0.1, 0.15) is 35.9 Å². The molecule has 0 spiro atoms. The molecule has 0 aliphatic heterocycles. The molecule has 0 unspecified atom stereocenters. The van der Waals surface area contributed by atoms with E-state index in [2.05, 4.69) is 9.69 Å². The van der Waals surface area contributed by atoms with Crippen LogP contribution < -0.4 is 4.90 Å². The van der Waals surface area contributed by atoms with Crippen LogP contribution in [0, 0.1) is 75.9 Å². The van der Waals surface area contributed by atoms with Crippen LogP contribution in [0.25, 0.3) is 9.69 Å². The van der Waals surface area contributed by atoms with Crippen LogP contribution in [-0.2, 0) is 0 Å². The number of hydrogen-bond donors (Lipinski definition) is 0. The number of anilines is 3. The zero-order valence-electron chi connectivity index (χ0n) is 16.7. The van der Waals surface area contributed by atoms with Crippen molar-refractivity contribution in [3.63, 3.8) is 0 Å². The Morgan fingerprint density at radius 1 is 0.559 bits per heavy atom. The molecule has 0 amide bonds. The van der Waals surface area contributed by atoms with Crippen molar-refractivity contribution in [3.05, 3.63) is 98.9 Å². The Hall–Kier alpha value is -5.81. The average Bonchev–Trinajstić information content (AvgIpc) is 2.86. The van der Waals surface area contributed by atoms with Crippen molar-refractivity contribution in [1.82, 2.24) is 0 Å². The van der Waals surface area contributed by atoms with Gasteiger partial charge in [-0.3, -0.25) is 0 Å². The van der Waals surface area contributed by atoms with Crippen molar-refractivity contribution in [3.8, 4) is 24.3 Å². The Bertz CT molecular complexity index is 1320. The summed E-state index contributed by atoms with van der Waals surface area (Å²) < 4.78 is 43.1. The van der Waals surface area contributed by atoms with E-state index in [0.29, 0.717) is 0 Å². The zero-order chi connectivity index (χ0) is 25.0. The van der Waals surface area contributed by atoms with Crippen molar-refractivity contribution in [2.24, 2.45) is 0 Å². The first-order valence-electron chi connectivity index (χ1n) is 8.99. The molecule has 0 saturated carbocycles. The highest BCUT2D eigenvalue weighted by Crippen LogP contribution is 2.41. The smallest absolute Gasteiger partial charge is 0.225 e. The van der Waals surface area contributed by atoms with Crippen molar-refractivity contribution < 1.29 is 13.2 Å². The van der Waals surface area contributed by atoms with Gasteiger partial charge in [0.05, 0.1) is 35.4 Å². The Morgan fingerprint density at radius 2 is 0.853 bits per heavy atom. The summed E-state index contributed by atoms with van der Waals surface area (Å²) in [5, 5.41) is 37.2. The minimum absolute atomic E-state index is 0.0604. The lowest BCUT2D eigenvalue weighted by Gasteiger charge is -2.27. The van der Waals surface area contributed by atoms with E-state index >= 15 is 0 Å². The molecule has 10 heteroatoms. The van der Waals surface area contributed by atoms with Crippen LogP contribution in [0.4, 0.5) is 41.6 Å². The second kappa shape index (κ2) is 9.13. The normalized spacial score (nSPS) is 9.44. The second-order valence-electron chi connectivity index (χ2n) is 6.51. The third kappa shape index (κ3) is 3.79. The molecule has 158 valence electrons. The van der Waals surface area contributed by atoms with E-state index in [-0.39, 0.29) is 17.1 Å². The zero-order valence-corrected chi connectivity index (χ0v) is 16.7. The maximum Gasteiger partial charge on any atom is 0.225 e. The molecule has 0 bridgehead atoms. The van der Waals surface area contributed by atoms with E-state index in [1.807, 2.05) is 0 Å². The van der Waals surface area contributed by atoms with Gasteiger partial charge in [-0.1, -0.05) is 0 Å². The van der Waals surface area contributed by atoms with E-state index in [4.69, 9.17) is 13.1 Å². The van der Waals surface area contributed by atoms with Crippen molar-refractivity contribution >= 4 is 28.4 Å². The number of hydrogen-bond acceptors (Lipinski definition) is 5. The van der Waals surface area contributed by atoms with Gasteiger partial charge in [0.25, 0.3) is 0 Å². The molecule has 3 aromatic rings. The molecule has 0 saturated heterocycles. The van der Waals surface area contributed by atoms with Crippen LogP contribution in [0.5, 0.6) is 0 Å². The van der Waals surface area contributed by atoms with Gasteiger partial charge in [-0.05, 0) is 36.4 Å². The molecule has 3 rings (SSSR count). The molecule has 0 radical (unpaired) electrons. The van der Waals surface area contributed by atoms with E-state index in [1.165, 1.54) is 0 Å². The van der Waals surface area contributed by atoms with Crippen LogP contribution in [0.2, 0.25) is 0 Å². The molecule has 0 aromatic heterocycles. The number of nitrogens with zero attached hydrogens (tertiary/aromatic N) is 7. The largest absolute Gasteiger partial charge is 0.313 e. The van der Waals surface area contributed by atoms with Crippen LogP contribution in [0.3, 0.4) is 0 Å². The summed E-state index contributed by atoms with van der Waals surface area (Å²) in [5.41, 5.74) is -3.38. The highest BCUT2D eigenvalue weighted by atomic mass is 19.1. The maximum absolute atomic E-state index is 14.4. The van der Waals surface area contributed by atoms with Gasteiger partial charge in [-0.25, -0.2) is 22.9 Å². The van der Waals surface area contributed by atoms with Gasteiger partial charge in [0.2, 0.25) is 11.4 Å². The number of nitriles is 4. The molecular formula is C24H6F3N7. The van der Waals surface area contributed by atoms with E-state index in [0.717, 1.165) is 41.3 Å². The molecular weight excluding hydrogens is 443 g/mol. The Balaban J connectivity index is 2.49. The van der Waals surface area contributed by atoms with Crippen LogP contribution in [0.1, 0.15) is 22.3 Å². The predicted molar refractivity (Wildman–Crippen MR) is 112 cm³/mol. The molecule has 0 heterocycles. The van der Waals surface area contributed by atoms with E-state index in [1.54, 1.807) is 24.3 Å². The molecule has 0 N–H and O–H groups in total. The molecule has 0 fully saturated rings. The van der Waals surface area contributed by atoms with Crippen LogP contribution in [-0.4, -0.2) is 0 Å². The lowest BCUT2D eigenvalue weighted by molar-refractivity contribution is 0.620. The molecule has 3 aromatic carbocycles. The van der Waals surface area contributed by atoms with Crippen molar-refractivity contribution in [1.29, 1.82) is 21.0 Å². The second-order valence-corrected chi connectivity index (χ2v) is 6.51. The third-order valence-corrected chi connectivity index (χ3v) is 4.63. The number of benzene rings is 3. The van der Waals surface area contributed by atoms with Gasteiger partial charge < -0.3 is 4.90 Å². The molecule has 7 nitrogen and oxygen atoms in total. The molecule has 34 heavy (non-hydrogen) atoms. The summed E-state index contributed by atoms with van der Waals surface area (Å²) in [4.78, 5) is 7.23. The molecule has 0 atom stereocenters. The van der Waals surface area contributed by atoms with Gasteiger partial charge in [-0.2, -0.15) is 21.0 Å². The molecule has 0 aliphatic carbocycles. The topological polar surface area (TPSA) is 107 Å². The third-order valence-electron chi connectivity index (χ3n) is 4.63. The van der Waals surface area contributed by atoms with Crippen molar-refractivity contribution in [2.45, 2.75) is 0 Å². The highest BCUT2D eigenvalue weighted by Gasteiger charge is 2.23. The summed E-state index contributed by atoms with van der Waals surface area (Å²) in [5.74, 6) is -3.27. The monoisotopic (exact) mass is 449 g/mol. The Labute approximate surface area is 191 Å². The fraction of sp³-hybridized carbons (Fsp3) is 0. The standard InChI is InChI=1S/C24H6F3N7/c1-32-20-7-18(5-15(11-30)23(20)26)34(17-3-13(9-28)22(25)14(4-17)10-29)19-6-16(12-31)24(27)21(8-19)33-2/h3-8H. The maximum atomic E-state index is 14.4. The van der Waals surface area contributed by atoms with Gasteiger partial charge >= 0.3 is 0 Å². The van der Waals surface area contributed by atoms with Gasteiger partial charge in [0.15, 0.2) is 5.82 Å². The summed E-state index contributed by atoms with van der Waals surface area (Å²) in [6.45, 7) is 14.4. The van der Waals surface area contributed by atoms with Gasteiger partial charge in [0, 0.05) is 17.1 Å². The Morgan fingerprint density at radius 3 is 1.15 bits per heavy atom. The average molecular weight is 449 g/mol. The lowest BCUT2D eigenvalue weighted by Crippen LogP contribution is -2.12. The summed E-state index contributed by atoms with van der Waals surface area (Å²) in [7, 11) is 0. The minimum Gasteiger partial charge on any atom is -0.313 e. The van der Waals surface area contributed by atoms with Gasteiger partial charge in [-0.15, -0.1) is 0 Å². The Kier molecular flexibility index (Phi) is 6.14. The SMILES string of the molecule is [C-]#[N+]c1cc(N(c2cc(C#N)c(F)c(C#N)c2)c2cc(C#N)c(F)c([N+]#[C-])c2)cc(C#N)c1F.